The molecule has 0 amide bonds. The number of thiazole rings is 1. The topological polar surface area (TPSA) is 128 Å². The van der Waals surface area contributed by atoms with Gasteiger partial charge in [-0.2, -0.15) is 21.0 Å². The zero-order chi connectivity index (χ0) is 68.7. The standard InChI is InChI=1S/C91H61N9S/c1-90(2,3)57-38-43-81-68(48-57)69-49-58(91(4,5)6)39-44-82(69)100(81)88-70(53-95)84(62-24-10-17-31-75(62)97-72-28-14-7-21-59(72)65-45-54(50-92)35-40-78(65)97)87(89-96-71-27-13-20-34-83(71)101-89)85(63-25-11-18-32-76(63)98-73-29-15-8-22-60(73)66-46-55(51-93)36-41-79(66)98)86(88)64-26-12-19-33-77(64)99-74-30-16-9-23-61(74)67-47-56(52-94)37-42-80(67)99/h7-49H,1-6H3. The van der Waals surface area contributed by atoms with Crippen LogP contribution in [0.3, 0.4) is 0 Å². The van der Waals surface area contributed by atoms with Crippen LogP contribution in [-0.2, 0) is 10.8 Å². The molecule has 0 N–H and O–H groups in total. The first kappa shape index (κ1) is 60.3. The first-order chi connectivity index (χ1) is 49.2. The van der Waals surface area contributed by atoms with E-state index in [4.69, 9.17) is 4.98 Å². The van der Waals surface area contributed by atoms with E-state index in [0.717, 1.165) is 148 Å². The van der Waals surface area contributed by atoms with Gasteiger partial charge in [-0.15, -0.1) is 11.3 Å². The van der Waals surface area contributed by atoms with Crippen LogP contribution in [0, 0.1) is 45.3 Å². The number of hydrogen-bond acceptors (Lipinski definition) is 6. The molecule has 13 aromatic carbocycles. The minimum Gasteiger partial charge on any atom is -0.309 e. The summed E-state index contributed by atoms with van der Waals surface area (Å²) in [5.74, 6) is 0. The molecular weight excluding hydrogens is 1250 g/mol. The molecule has 9 nitrogen and oxygen atoms in total. The molecule has 0 spiro atoms. The summed E-state index contributed by atoms with van der Waals surface area (Å²) in [6, 6.07) is 101. The first-order valence-electron chi connectivity index (χ1n) is 33.9. The highest BCUT2D eigenvalue weighted by molar-refractivity contribution is 7.21. The predicted octanol–water partition coefficient (Wildman–Crippen LogP) is 23.4. The van der Waals surface area contributed by atoms with E-state index in [1.165, 1.54) is 11.1 Å². The number of nitriles is 4. The van der Waals surface area contributed by atoms with Gasteiger partial charge < -0.3 is 18.3 Å². The Hall–Kier alpha value is -13.1. The summed E-state index contributed by atoms with van der Waals surface area (Å²) < 4.78 is 10.4. The summed E-state index contributed by atoms with van der Waals surface area (Å²) in [6.45, 7) is 13.6. The van der Waals surface area contributed by atoms with Gasteiger partial charge in [0.05, 0.1) is 118 Å². The molecule has 5 heterocycles. The van der Waals surface area contributed by atoms with E-state index in [1.54, 1.807) is 11.3 Å². The molecule has 18 aromatic rings. The average molecular weight is 1310 g/mol. The van der Waals surface area contributed by atoms with Crippen LogP contribution < -0.4 is 0 Å². The molecule has 0 aliphatic heterocycles. The maximum Gasteiger partial charge on any atom is 0.125 e. The lowest BCUT2D eigenvalue weighted by Gasteiger charge is -2.29. The van der Waals surface area contributed by atoms with Crippen LogP contribution in [0.5, 0.6) is 0 Å². The van der Waals surface area contributed by atoms with Crippen molar-refractivity contribution >= 4 is 109 Å². The molecule has 0 fully saturated rings. The monoisotopic (exact) mass is 1310 g/mol. The Balaban J connectivity index is 1.13. The highest BCUT2D eigenvalue weighted by Gasteiger charge is 2.36. The quantitative estimate of drug-likeness (QED) is 0.150. The molecule has 0 saturated carbocycles. The minimum atomic E-state index is -0.221. The van der Waals surface area contributed by atoms with Crippen molar-refractivity contribution in [3.05, 3.63) is 294 Å². The van der Waals surface area contributed by atoms with Crippen LogP contribution in [0.25, 0.3) is 164 Å². The van der Waals surface area contributed by atoms with Crippen molar-refractivity contribution in [3.63, 3.8) is 0 Å². The van der Waals surface area contributed by atoms with E-state index < -0.39 is 0 Å². The van der Waals surface area contributed by atoms with Crippen LogP contribution in [-0.4, -0.2) is 23.3 Å². The van der Waals surface area contributed by atoms with E-state index >= 15 is 0 Å². The van der Waals surface area contributed by atoms with Crippen molar-refractivity contribution in [2.75, 3.05) is 0 Å². The number of fused-ring (bicyclic) bond motifs is 13. The fourth-order valence-corrected chi connectivity index (χ4v) is 16.8. The second-order valence-corrected chi connectivity index (χ2v) is 29.3. The first-order valence-corrected chi connectivity index (χ1v) is 34.7. The van der Waals surface area contributed by atoms with Crippen LogP contribution in [0.15, 0.2) is 261 Å². The van der Waals surface area contributed by atoms with E-state index in [0.29, 0.717) is 38.5 Å². The maximum atomic E-state index is 13.5. The molecule has 10 heteroatoms. The van der Waals surface area contributed by atoms with Crippen molar-refractivity contribution in [1.29, 1.82) is 21.0 Å². The van der Waals surface area contributed by atoms with E-state index in [-0.39, 0.29) is 10.8 Å². The highest BCUT2D eigenvalue weighted by atomic mass is 32.1. The second kappa shape index (κ2) is 22.8. The van der Waals surface area contributed by atoms with Gasteiger partial charge in [0.1, 0.15) is 11.1 Å². The molecule has 0 radical (unpaired) electrons. The Morgan fingerprint density at radius 1 is 0.307 bits per heavy atom. The molecule has 0 bridgehead atoms. The molecule has 0 unspecified atom stereocenters. The van der Waals surface area contributed by atoms with E-state index in [1.807, 2.05) is 54.6 Å². The summed E-state index contributed by atoms with van der Waals surface area (Å²) in [4.78, 5) is 5.81. The van der Waals surface area contributed by atoms with Gasteiger partial charge >= 0.3 is 0 Å². The minimum absolute atomic E-state index is 0.221. The third kappa shape index (κ3) is 9.20. The van der Waals surface area contributed by atoms with Gasteiger partial charge in [0.25, 0.3) is 0 Å². The van der Waals surface area contributed by atoms with E-state index in [2.05, 4.69) is 290 Å². The number of para-hydroxylation sites is 7. The zero-order valence-electron chi connectivity index (χ0n) is 56.3. The molecule has 0 aliphatic rings. The van der Waals surface area contributed by atoms with Gasteiger partial charge in [0.2, 0.25) is 0 Å². The average Bonchev–Trinajstić information content (AvgIpc) is 1.66. The lowest BCUT2D eigenvalue weighted by molar-refractivity contribution is 0.590. The number of nitrogens with zero attached hydrogens (tertiary/aromatic N) is 9. The molecular formula is C91H61N9S. The number of hydrogen-bond donors (Lipinski definition) is 0. The summed E-state index contributed by atoms with van der Waals surface area (Å²) >= 11 is 1.61. The summed E-state index contributed by atoms with van der Waals surface area (Å²) in [7, 11) is 0. The largest absolute Gasteiger partial charge is 0.309 e. The van der Waals surface area contributed by atoms with Crippen molar-refractivity contribution < 1.29 is 0 Å². The summed E-state index contributed by atoms with van der Waals surface area (Å²) in [5.41, 5.74) is 21.0. The van der Waals surface area contributed by atoms with Gasteiger partial charge in [-0.1, -0.05) is 175 Å². The molecule has 5 aromatic heterocycles. The van der Waals surface area contributed by atoms with Crippen molar-refractivity contribution in [3.8, 4) is 91.0 Å². The molecule has 476 valence electrons. The van der Waals surface area contributed by atoms with Crippen LogP contribution in [0.1, 0.15) is 74.9 Å². The Kier molecular flexibility index (Phi) is 13.6. The van der Waals surface area contributed by atoms with Gasteiger partial charge in [-0.3, -0.25) is 0 Å². The second-order valence-electron chi connectivity index (χ2n) is 28.3. The smallest absolute Gasteiger partial charge is 0.125 e. The third-order valence-corrected chi connectivity index (χ3v) is 21.5. The van der Waals surface area contributed by atoms with Gasteiger partial charge in [-0.25, -0.2) is 4.98 Å². The Morgan fingerprint density at radius 3 is 1.07 bits per heavy atom. The summed E-state index contributed by atoms with van der Waals surface area (Å²) in [5, 5.41) is 53.6. The number of benzene rings is 13. The predicted molar refractivity (Wildman–Crippen MR) is 415 cm³/mol. The lowest BCUT2D eigenvalue weighted by atomic mass is 9.80. The Labute approximate surface area is 587 Å². The van der Waals surface area contributed by atoms with Crippen molar-refractivity contribution in [1.82, 2.24) is 23.3 Å². The zero-order valence-corrected chi connectivity index (χ0v) is 57.1. The maximum absolute atomic E-state index is 13.5. The molecule has 18 rings (SSSR count). The van der Waals surface area contributed by atoms with E-state index in [9.17, 15) is 21.0 Å². The fourth-order valence-electron chi connectivity index (χ4n) is 15.8. The van der Waals surface area contributed by atoms with Crippen LogP contribution in [0.2, 0.25) is 0 Å². The molecule has 0 atom stereocenters. The van der Waals surface area contributed by atoms with Crippen molar-refractivity contribution in [2.24, 2.45) is 0 Å². The van der Waals surface area contributed by atoms with Gasteiger partial charge in [0.15, 0.2) is 0 Å². The van der Waals surface area contributed by atoms with Crippen LogP contribution >= 0.6 is 11.3 Å². The molecule has 0 saturated heterocycles. The fraction of sp³-hybridized carbons (Fsp3) is 0.0879. The third-order valence-electron chi connectivity index (χ3n) is 20.5. The number of rotatable bonds is 8. The Morgan fingerprint density at radius 2 is 0.653 bits per heavy atom. The SMILES string of the molecule is CC(C)(C)c1ccc2c(c1)c1cc(C(C)(C)C)ccc1n2-c1c(C#N)c(-c2ccccc2-n2c3ccccc3c3cc(C#N)ccc32)c(-c2nc3ccccc3s2)c(-c2ccccc2-n2c3ccccc3c3cc(C#N)ccc32)c1-c1ccccc1-n1c2ccccc2c2cc(C#N)ccc21. The van der Waals surface area contributed by atoms with Crippen molar-refractivity contribution in [2.45, 2.75) is 52.4 Å². The van der Waals surface area contributed by atoms with Crippen LogP contribution in [0.4, 0.5) is 0 Å². The summed E-state index contributed by atoms with van der Waals surface area (Å²) in [6.07, 6.45) is 0. The Bertz CT molecular complexity index is 6690. The number of aromatic nitrogens is 5. The molecule has 0 aliphatic carbocycles. The van der Waals surface area contributed by atoms with Gasteiger partial charge in [-0.05, 0) is 149 Å². The lowest BCUT2D eigenvalue weighted by Crippen LogP contribution is -2.12. The molecule has 101 heavy (non-hydrogen) atoms. The normalized spacial score (nSPS) is 12.0. The van der Waals surface area contributed by atoms with Gasteiger partial charge in [0, 0.05) is 82.0 Å². The highest BCUT2D eigenvalue weighted by Crippen LogP contribution is 2.57.